The summed E-state index contributed by atoms with van der Waals surface area (Å²) in [6.45, 7) is 1.93. The third kappa shape index (κ3) is 1.98. The second-order valence-corrected chi connectivity index (χ2v) is 3.88. The number of nitrogens with zero attached hydrogens (tertiary/aromatic N) is 2. The van der Waals surface area contributed by atoms with Gasteiger partial charge < -0.3 is 10.0 Å². The Labute approximate surface area is 80.8 Å². The summed E-state index contributed by atoms with van der Waals surface area (Å²) in [5.74, 6) is -0.943. The van der Waals surface area contributed by atoms with Crippen LogP contribution in [0, 0.1) is 0 Å². The summed E-state index contributed by atoms with van der Waals surface area (Å²) in [5, 5.41) is 9.56. The largest absolute Gasteiger partial charge is 0.476 e. The van der Waals surface area contributed by atoms with Crippen LogP contribution in [0.4, 0.5) is 5.13 Å². The molecular weight excluding hydrogens is 188 g/mol. The lowest BCUT2D eigenvalue weighted by Crippen LogP contribution is -2.08. The van der Waals surface area contributed by atoms with Crippen molar-refractivity contribution in [1.82, 2.24) is 4.98 Å². The van der Waals surface area contributed by atoms with Crippen LogP contribution in [0.3, 0.4) is 0 Å². The van der Waals surface area contributed by atoms with Gasteiger partial charge in [-0.1, -0.05) is 6.92 Å². The van der Waals surface area contributed by atoms with E-state index in [-0.39, 0.29) is 5.69 Å². The van der Waals surface area contributed by atoms with Gasteiger partial charge in [-0.3, -0.25) is 0 Å². The lowest BCUT2D eigenvalue weighted by atomic mass is 10.3. The van der Waals surface area contributed by atoms with Gasteiger partial charge >= 0.3 is 5.97 Å². The Hall–Kier alpha value is -1.10. The number of aromatic carboxylic acids is 1. The van der Waals surface area contributed by atoms with Crippen molar-refractivity contribution in [3.05, 3.63) is 10.6 Å². The molecule has 0 unspecified atom stereocenters. The van der Waals surface area contributed by atoms with Crippen LogP contribution < -0.4 is 4.90 Å². The summed E-state index contributed by atoms with van der Waals surface area (Å²) in [7, 11) is 3.70. The van der Waals surface area contributed by atoms with Gasteiger partial charge in [-0.15, -0.1) is 11.3 Å². The van der Waals surface area contributed by atoms with E-state index in [9.17, 15) is 4.79 Å². The first kappa shape index (κ1) is 9.98. The van der Waals surface area contributed by atoms with E-state index in [1.54, 1.807) is 0 Å². The van der Waals surface area contributed by atoms with Crippen LogP contribution in [-0.2, 0) is 6.42 Å². The quantitative estimate of drug-likeness (QED) is 0.802. The van der Waals surface area contributed by atoms with Gasteiger partial charge in [0.05, 0.1) is 0 Å². The van der Waals surface area contributed by atoms with Crippen molar-refractivity contribution in [2.45, 2.75) is 13.3 Å². The Morgan fingerprint density at radius 3 is 2.54 bits per heavy atom. The van der Waals surface area contributed by atoms with Crippen LogP contribution >= 0.6 is 11.3 Å². The molecule has 0 saturated carbocycles. The SMILES string of the molecule is CCc1sc(N(C)C)nc1C(=O)O. The molecule has 4 nitrogen and oxygen atoms in total. The minimum Gasteiger partial charge on any atom is -0.476 e. The predicted octanol–water partition coefficient (Wildman–Crippen LogP) is 1.47. The Bertz CT molecular complexity index is 320. The van der Waals surface area contributed by atoms with Gasteiger partial charge in [0, 0.05) is 19.0 Å². The molecule has 0 aliphatic rings. The minimum absolute atomic E-state index is 0.191. The molecule has 0 radical (unpaired) electrons. The van der Waals surface area contributed by atoms with Crippen LogP contribution in [0.5, 0.6) is 0 Å². The van der Waals surface area contributed by atoms with Crippen LogP contribution in [0.1, 0.15) is 22.3 Å². The molecule has 0 saturated heterocycles. The number of carbonyl (C=O) groups is 1. The average molecular weight is 200 g/mol. The van der Waals surface area contributed by atoms with E-state index in [4.69, 9.17) is 5.11 Å². The molecule has 1 aromatic heterocycles. The van der Waals surface area contributed by atoms with Crippen molar-refractivity contribution in [3.63, 3.8) is 0 Å². The van der Waals surface area contributed by atoms with Gasteiger partial charge in [0.25, 0.3) is 0 Å². The van der Waals surface area contributed by atoms with Gasteiger partial charge in [-0.2, -0.15) is 0 Å². The van der Waals surface area contributed by atoms with E-state index in [2.05, 4.69) is 4.98 Å². The van der Waals surface area contributed by atoms with Crippen molar-refractivity contribution in [1.29, 1.82) is 0 Å². The summed E-state index contributed by atoms with van der Waals surface area (Å²) >= 11 is 1.43. The van der Waals surface area contributed by atoms with Gasteiger partial charge in [0.15, 0.2) is 10.8 Å². The van der Waals surface area contributed by atoms with Crippen molar-refractivity contribution in [2.75, 3.05) is 19.0 Å². The Morgan fingerprint density at radius 1 is 1.62 bits per heavy atom. The molecule has 0 aliphatic heterocycles. The van der Waals surface area contributed by atoms with Crippen LogP contribution in [0.25, 0.3) is 0 Å². The third-order valence-electron chi connectivity index (χ3n) is 1.59. The molecule has 5 heteroatoms. The Kier molecular flexibility index (Phi) is 2.87. The summed E-state index contributed by atoms with van der Waals surface area (Å²) in [5.41, 5.74) is 0.191. The highest BCUT2D eigenvalue weighted by Gasteiger charge is 2.16. The Morgan fingerprint density at radius 2 is 2.23 bits per heavy atom. The number of hydrogen-bond acceptors (Lipinski definition) is 4. The molecule has 0 atom stereocenters. The lowest BCUT2D eigenvalue weighted by Gasteiger charge is -2.04. The van der Waals surface area contributed by atoms with Crippen LogP contribution in [-0.4, -0.2) is 30.2 Å². The van der Waals surface area contributed by atoms with Crippen molar-refractivity contribution < 1.29 is 9.90 Å². The third-order valence-corrected chi connectivity index (χ3v) is 2.96. The van der Waals surface area contributed by atoms with Crippen molar-refractivity contribution in [2.24, 2.45) is 0 Å². The first-order chi connectivity index (χ1) is 6.06. The number of aromatic nitrogens is 1. The van der Waals surface area contributed by atoms with Gasteiger partial charge in [-0.05, 0) is 6.42 Å². The van der Waals surface area contributed by atoms with Gasteiger partial charge in [0.1, 0.15) is 0 Å². The first-order valence-corrected chi connectivity index (χ1v) is 4.78. The molecule has 1 rings (SSSR count). The molecular formula is C8H12N2O2S. The summed E-state index contributed by atoms with van der Waals surface area (Å²) in [4.78, 5) is 17.4. The van der Waals surface area contributed by atoms with Crippen LogP contribution in [0.15, 0.2) is 0 Å². The van der Waals surface area contributed by atoms with E-state index in [1.165, 1.54) is 11.3 Å². The van der Waals surface area contributed by atoms with E-state index in [1.807, 2.05) is 25.9 Å². The molecule has 0 amide bonds. The average Bonchev–Trinajstić information content (AvgIpc) is 2.47. The first-order valence-electron chi connectivity index (χ1n) is 3.96. The topological polar surface area (TPSA) is 53.4 Å². The standard InChI is InChI=1S/C8H12N2O2S/c1-4-5-6(7(11)12)9-8(13-5)10(2)3/h4H2,1-3H3,(H,11,12). The zero-order valence-electron chi connectivity index (χ0n) is 7.87. The highest BCUT2D eigenvalue weighted by atomic mass is 32.1. The molecule has 0 aliphatic carbocycles. The second-order valence-electron chi connectivity index (χ2n) is 2.82. The molecule has 0 fully saturated rings. The molecule has 1 aromatic rings. The molecule has 0 spiro atoms. The number of thiazole rings is 1. The molecule has 1 heterocycles. The van der Waals surface area contributed by atoms with Crippen molar-refractivity contribution in [3.8, 4) is 0 Å². The number of carboxylic acids is 1. The molecule has 1 N–H and O–H groups in total. The number of carboxylic acid groups (broad SMARTS) is 1. The number of aryl methyl sites for hydroxylation is 1. The molecule has 0 aromatic carbocycles. The second kappa shape index (κ2) is 3.74. The number of rotatable bonds is 3. The van der Waals surface area contributed by atoms with E-state index in [0.29, 0.717) is 6.42 Å². The van der Waals surface area contributed by atoms with Gasteiger partial charge in [-0.25, -0.2) is 9.78 Å². The Balaban J connectivity index is 3.11. The van der Waals surface area contributed by atoms with Gasteiger partial charge in [0.2, 0.25) is 0 Å². The summed E-state index contributed by atoms with van der Waals surface area (Å²) in [6.07, 6.45) is 0.715. The molecule has 13 heavy (non-hydrogen) atoms. The van der Waals surface area contributed by atoms with E-state index in [0.717, 1.165) is 10.0 Å². The zero-order valence-corrected chi connectivity index (χ0v) is 8.68. The fraction of sp³-hybridized carbons (Fsp3) is 0.500. The fourth-order valence-electron chi connectivity index (χ4n) is 0.937. The zero-order chi connectivity index (χ0) is 10.0. The van der Waals surface area contributed by atoms with Crippen molar-refractivity contribution >= 4 is 22.4 Å². The maximum absolute atomic E-state index is 10.7. The normalized spacial score (nSPS) is 10.1. The fourth-order valence-corrected chi connectivity index (χ4v) is 1.85. The minimum atomic E-state index is -0.943. The number of hydrogen-bond donors (Lipinski definition) is 1. The molecule has 0 bridgehead atoms. The summed E-state index contributed by atoms with van der Waals surface area (Å²) in [6, 6.07) is 0. The monoisotopic (exact) mass is 200 g/mol. The number of anilines is 1. The highest BCUT2D eigenvalue weighted by molar-refractivity contribution is 7.15. The molecule has 72 valence electrons. The smallest absolute Gasteiger partial charge is 0.355 e. The maximum Gasteiger partial charge on any atom is 0.355 e. The lowest BCUT2D eigenvalue weighted by molar-refractivity contribution is 0.0690. The van der Waals surface area contributed by atoms with E-state index < -0.39 is 5.97 Å². The van der Waals surface area contributed by atoms with Crippen LogP contribution in [0.2, 0.25) is 0 Å². The predicted molar refractivity (Wildman–Crippen MR) is 52.8 cm³/mol. The summed E-state index contributed by atoms with van der Waals surface area (Å²) < 4.78 is 0. The maximum atomic E-state index is 10.7. The highest BCUT2D eigenvalue weighted by Crippen LogP contribution is 2.25. The van der Waals surface area contributed by atoms with E-state index >= 15 is 0 Å².